The Balaban J connectivity index is 1.68. The summed E-state index contributed by atoms with van der Waals surface area (Å²) in [6.45, 7) is 2.47. The Morgan fingerprint density at radius 1 is 1.19 bits per heavy atom. The third-order valence-corrected chi connectivity index (χ3v) is 4.77. The minimum Gasteiger partial charge on any atom is -0.497 e. The van der Waals surface area contributed by atoms with E-state index in [0.717, 1.165) is 0 Å². The molecule has 0 radical (unpaired) electrons. The SMILES string of the molecule is COc1ccc2c(c1)OCCNC(=O)[C@@H](NC(=O)c1cc(C)no1)CCCCNC2=O. The second-order valence-electron chi connectivity index (χ2n) is 7.11. The molecule has 2 heterocycles. The lowest BCUT2D eigenvalue weighted by Crippen LogP contribution is -2.47. The lowest BCUT2D eigenvalue weighted by Gasteiger charge is -2.19. The van der Waals surface area contributed by atoms with Gasteiger partial charge in [-0.15, -0.1) is 0 Å². The molecule has 3 rings (SSSR count). The van der Waals surface area contributed by atoms with Crippen LogP contribution < -0.4 is 25.4 Å². The van der Waals surface area contributed by atoms with Crippen molar-refractivity contribution in [3.8, 4) is 11.5 Å². The normalized spacial score (nSPS) is 17.9. The van der Waals surface area contributed by atoms with E-state index in [2.05, 4.69) is 21.1 Å². The number of methoxy groups -OCH3 is 1. The minimum atomic E-state index is -0.746. The van der Waals surface area contributed by atoms with Gasteiger partial charge in [0.2, 0.25) is 11.7 Å². The average Bonchev–Trinajstić information content (AvgIpc) is 3.21. The summed E-state index contributed by atoms with van der Waals surface area (Å²) in [5.41, 5.74) is 0.974. The Labute approximate surface area is 179 Å². The van der Waals surface area contributed by atoms with Crippen LogP contribution in [0, 0.1) is 6.92 Å². The third-order valence-electron chi connectivity index (χ3n) is 4.77. The van der Waals surface area contributed by atoms with Gasteiger partial charge in [0.1, 0.15) is 24.1 Å². The van der Waals surface area contributed by atoms with Crippen molar-refractivity contribution in [2.75, 3.05) is 26.8 Å². The molecular weight excluding hydrogens is 404 g/mol. The number of ether oxygens (including phenoxy) is 2. The Hall–Kier alpha value is -3.56. The summed E-state index contributed by atoms with van der Waals surface area (Å²) in [7, 11) is 1.53. The van der Waals surface area contributed by atoms with E-state index >= 15 is 0 Å². The van der Waals surface area contributed by atoms with Gasteiger partial charge in [0.25, 0.3) is 11.8 Å². The molecule has 1 aliphatic rings. The number of aryl methyl sites for hydroxylation is 1. The van der Waals surface area contributed by atoms with Crippen molar-refractivity contribution in [1.82, 2.24) is 21.1 Å². The summed E-state index contributed by atoms with van der Waals surface area (Å²) >= 11 is 0. The van der Waals surface area contributed by atoms with Gasteiger partial charge in [-0.1, -0.05) is 5.16 Å². The highest BCUT2D eigenvalue weighted by atomic mass is 16.5. The van der Waals surface area contributed by atoms with E-state index in [1.807, 2.05) is 0 Å². The molecule has 0 aliphatic carbocycles. The van der Waals surface area contributed by atoms with Crippen LogP contribution in [-0.2, 0) is 4.79 Å². The first-order valence-electron chi connectivity index (χ1n) is 10.1. The molecule has 3 N–H and O–H groups in total. The zero-order chi connectivity index (χ0) is 22.2. The van der Waals surface area contributed by atoms with Gasteiger partial charge in [-0.3, -0.25) is 14.4 Å². The van der Waals surface area contributed by atoms with E-state index in [1.165, 1.54) is 13.2 Å². The molecule has 10 nitrogen and oxygen atoms in total. The lowest BCUT2D eigenvalue weighted by atomic mass is 10.1. The molecule has 166 valence electrons. The van der Waals surface area contributed by atoms with Crippen molar-refractivity contribution in [3.05, 3.63) is 41.3 Å². The summed E-state index contributed by atoms with van der Waals surface area (Å²) in [6.07, 6.45) is 1.68. The number of benzene rings is 1. The first-order chi connectivity index (χ1) is 15.0. The predicted octanol–water partition coefficient (Wildman–Crippen LogP) is 1.20. The third kappa shape index (κ3) is 5.97. The molecule has 31 heavy (non-hydrogen) atoms. The molecule has 0 bridgehead atoms. The summed E-state index contributed by atoms with van der Waals surface area (Å²) < 4.78 is 15.9. The maximum atomic E-state index is 12.6. The van der Waals surface area contributed by atoms with Crippen LogP contribution in [0.2, 0.25) is 0 Å². The van der Waals surface area contributed by atoms with Crippen molar-refractivity contribution in [1.29, 1.82) is 0 Å². The van der Waals surface area contributed by atoms with Gasteiger partial charge in [-0.2, -0.15) is 0 Å². The Bertz CT molecular complexity index is 942. The zero-order valence-corrected chi connectivity index (χ0v) is 17.5. The van der Waals surface area contributed by atoms with Crippen molar-refractivity contribution >= 4 is 17.7 Å². The van der Waals surface area contributed by atoms with Crippen LogP contribution in [0.25, 0.3) is 0 Å². The van der Waals surface area contributed by atoms with Gasteiger partial charge in [0, 0.05) is 18.7 Å². The van der Waals surface area contributed by atoms with E-state index in [1.54, 1.807) is 25.1 Å². The van der Waals surface area contributed by atoms with Crippen molar-refractivity contribution in [2.45, 2.75) is 32.2 Å². The Kier molecular flexibility index (Phi) is 7.47. The van der Waals surface area contributed by atoms with Crippen molar-refractivity contribution in [2.24, 2.45) is 0 Å². The number of fused-ring (bicyclic) bond motifs is 1. The highest BCUT2D eigenvalue weighted by Crippen LogP contribution is 2.25. The average molecular weight is 430 g/mol. The fraction of sp³-hybridized carbons (Fsp3) is 0.429. The van der Waals surface area contributed by atoms with Crippen molar-refractivity contribution in [3.63, 3.8) is 0 Å². The van der Waals surface area contributed by atoms with Gasteiger partial charge in [0.15, 0.2) is 0 Å². The molecule has 2 aromatic rings. The molecule has 1 aromatic heterocycles. The molecule has 0 unspecified atom stereocenters. The topological polar surface area (TPSA) is 132 Å². The van der Waals surface area contributed by atoms with E-state index in [0.29, 0.717) is 48.6 Å². The zero-order valence-electron chi connectivity index (χ0n) is 17.5. The fourth-order valence-corrected chi connectivity index (χ4v) is 3.13. The van der Waals surface area contributed by atoms with Crippen LogP contribution in [0.1, 0.15) is 45.9 Å². The number of carbonyl (C=O) groups is 3. The molecule has 10 heteroatoms. The van der Waals surface area contributed by atoms with Crippen LogP contribution in [0.5, 0.6) is 11.5 Å². The Morgan fingerprint density at radius 2 is 2.03 bits per heavy atom. The maximum absolute atomic E-state index is 12.6. The molecule has 1 atom stereocenters. The Morgan fingerprint density at radius 3 is 2.77 bits per heavy atom. The summed E-state index contributed by atoms with van der Waals surface area (Å²) in [5.74, 6) is -0.0986. The largest absolute Gasteiger partial charge is 0.497 e. The molecule has 1 aliphatic heterocycles. The number of hydrogen-bond donors (Lipinski definition) is 3. The number of amides is 3. The maximum Gasteiger partial charge on any atom is 0.290 e. The monoisotopic (exact) mass is 430 g/mol. The van der Waals surface area contributed by atoms with Gasteiger partial charge in [-0.25, -0.2) is 0 Å². The summed E-state index contributed by atoms with van der Waals surface area (Å²) in [5, 5.41) is 12.0. The molecule has 0 saturated heterocycles. The first kappa shape index (κ1) is 22.1. The number of aromatic nitrogens is 1. The molecule has 0 fully saturated rings. The van der Waals surface area contributed by atoms with E-state index in [-0.39, 0.29) is 30.7 Å². The summed E-state index contributed by atoms with van der Waals surface area (Å²) in [4.78, 5) is 37.5. The molecule has 0 saturated carbocycles. The van der Waals surface area contributed by atoms with Gasteiger partial charge >= 0.3 is 0 Å². The molecular formula is C21H26N4O6. The van der Waals surface area contributed by atoms with Crippen LogP contribution in [0.15, 0.2) is 28.8 Å². The van der Waals surface area contributed by atoms with Gasteiger partial charge in [0.05, 0.1) is 24.9 Å². The quantitative estimate of drug-likeness (QED) is 0.667. The highest BCUT2D eigenvalue weighted by molar-refractivity contribution is 5.97. The van der Waals surface area contributed by atoms with Gasteiger partial charge in [-0.05, 0) is 38.3 Å². The molecule has 0 spiro atoms. The van der Waals surface area contributed by atoms with E-state index in [4.69, 9.17) is 14.0 Å². The summed E-state index contributed by atoms with van der Waals surface area (Å²) in [6, 6.07) is 5.72. The smallest absolute Gasteiger partial charge is 0.290 e. The second-order valence-corrected chi connectivity index (χ2v) is 7.11. The minimum absolute atomic E-state index is 0.0471. The molecule has 3 amide bonds. The standard InChI is InChI=1S/C21H26N4O6/c1-13-11-18(31-25-13)21(28)24-16-5-3-4-8-22-19(26)15-7-6-14(29-2)12-17(15)30-10-9-23-20(16)27/h6-7,11-12,16H,3-5,8-10H2,1-2H3,(H,22,26)(H,23,27)(H,24,28)/t16-/m0/s1. The number of hydrogen-bond acceptors (Lipinski definition) is 7. The predicted molar refractivity (Wildman–Crippen MR) is 110 cm³/mol. The fourth-order valence-electron chi connectivity index (χ4n) is 3.13. The lowest BCUT2D eigenvalue weighted by molar-refractivity contribution is -0.123. The first-order valence-corrected chi connectivity index (χ1v) is 10.1. The van der Waals surface area contributed by atoms with E-state index in [9.17, 15) is 14.4 Å². The number of nitrogens with zero attached hydrogens (tertiary/aromatic N) is 1. The van der Waals surface area contributed by atoms with Gasteiger partial charge < -0.3 is 29.9 Å². The highest BCUT2D eigenvalue weighted by Gasteiger charge is 2.23. The van der Waals surface area contributed by atoms with Crippen LogP contribution in [0.3, 0.4) is 0 Å². The van der Waals surface area contributed by atoms with E-state index < -0.39 is 11.9 Å². The second kappa shape index (κ2) is 10.5. The van der Waals surface area contributed by atoms with Crippen LogP contribution >= 0.6 is 0 Å². The number of rotatable bonds is 3. The number of nitrogens with one attached hydrogen (secondary N) is 3. The van der Waals surface area contributed by atoms with Crippen LogP contribution in [-0.4, -0.2) is 55.7 Å². The molecule has 1 aromatic carbocycles. The van der Waals surface area contributed by atoms with Crippen LogP contribution in [0.4, 0.5) is 0 Å². The number of carbonyl (C=O) groups excluding carboxylic acids is 3. The van der Waals surface area contributed by atoms with Crippen molar-refractivity contribution < 1.29 is 28.4 Å².